The van der Waals surface area contributed by atoms with Gasteiger partial charge in [-0.05, 0) is 58.2 Å². The summed E-state index contributed by atoms with van der Waals surface area (Å²) in [6, 6.07) is 23.9. The van der Waals surface area contributed by atoms with Crippen molar-refractivity contribution in [2.75, 3.05) is 5.75 Å². The number of fused-ring (bicyclic) bond motifs is 2. The normalized spacial score (nSPS) is 15.3. The van der Waals surface area contributed by atoms with Gasteiger partial charge >= 0.3 is 0 Å². The Kier molecular flexibility index (Phi) is 4.76. The maximum Gasteiger partial charge on any atom is 0.205 e. The number of aryl methyl sites for hydroxylation is 1. The molecule has 0 bridgehead atoms. The first-order valence-electron chi connectivity index (χ1n) is 10.9. The molecule has 0 saturated carbocycles. The molecule has 6 nitrogen and oxygen atoms in total. The first-order valence-corrected chi connectivity index (χ1v) is 11.9. The fourth-order valence-corrected chi connectivity index (χ4v) is 5.58. The van der Waals surface area contributed by atoms with E-state index in [4.69, 9.17) is 4.98 Å². The van der Waals surface area contributed by atoms with Crippen molar-refractivity contribution < 1.29 is 0 Å². The lowest BCUT2D eigenvalue weighted by atomic mass is 9.96. The number of H-pyrrole nitrogens is 1. The highest BCUT2D eigenvalue weighted by atomic mass is 32.2. The van der Waals surface area contributed by atoms with Gasteiger partial charge in [-0.1, -0.05) is 73.3 Å². The molecule has 0 spiro atoms. The topological polar surface area (TPSA) is 72.3 Å². The predicted molar refractivity (Wildman–Crippen MR) is 128 cm³/mol. The van der Waals surface area contributed by atoms with Gasteiger partial charge in [0.2, 0.25) is 5.82 Å². The van der Waals surface area contributed by atoms with Gasteiger partial charge in [0.25, 0.3) is 0 Å². The molecule has 0 aliphatic heterocycles. The Bertz CT molecular complexity index is 1410. The van der Waals surface area contributed by atoms with Gasteiger partial charge < -0.3 is 4.57 Å². The molecule has 2 aromatic heterocycles. The van der Waals surface area contributed by atoms with Crippen molar-refractivity contribution in [1.29, 1.82) is 0 Å². The SMILES string of the molecule is CCSc1nc2ccccc2n1C1CCc2cc(-c3ccccc3-c3nn[nH]n3)ccc21. The quantitative estimate of drug-likeness (QED) is 0.365. The van der Waals surface area contributed by atoms with Gasteiger partial charge in [0.15, 0.2) is 5.16 Å². The van der Waals surface area contributed by atoms with E-state index in [0.29, 0.717) is 11.9 Å². The van der Waals surface area contributed by atoms with Crippen molar-refractivity contribution in [3.05, 3.63) is 77.9 Å². The van der Waals surface area contributed by atoms with Crippen LogP contribution in [-0.4, -0.2) is 35.9 Å². The maximum atomic E-state index is 4.93. The van der Waals surface area contributed by atoms with Crippen LogP contribution in [0.15, 0.2) is 71.9 Å². The number of nitrogens with zero attached hydrogens (tertiary/aromatic N) is 5. The van der Waals surface area contributed by atoms with Gasteiger partial charge in [-0.15, -0.1) is 10.2 Å². The van der Waals surface area contributed by atoms with Crippen molar-refractivity contribution in [3.8, 4) is 22.5 Å². The van der Waals surface area contributed by atoms with E-state index in [1.807, 2.05) is 23.9 Å². The second kappa shape index (κ2) is 7.91. The number of rotatable bonds is 5. The van der Waals surface area contributed by atoms with E-state index in [9.17, 15) is 0 Å². The zero-order chi connectivity index (χ0) is 21.5. The minimum Gasteiger partial charge on any atom is -0.311 e. The summed E-state index contributed by atoms with van der Waals surface area (Å²) in [5.74, 6) is 1.62. The van der Waals surface area contributed by atoms with Crippen molar-refractivity contribution in [2.45, 2.75) is 31.0 Å². The number of aromatic amines is 1. The van der Waals surface area contributed by atoms with Crippen LogP contribution in [0.5, 0.6) is 0 Å². The number of benzene rings is 3. The summed E-state index contributed by atoms with van der Waals surface area (Å²) < 4.78 is 2.45. The molecule has 5 aromatic rings. The number of imidazole rings is 1. The molecule has 0 saturated heterocycles. The van der Waals surface area contributed by atoms with Crippen LogP contribution in [0.4, 0.5) is 0 Å². The third-order valence-electron chi connectivity index (χ3n) is 6.16. The van der Waals surface area contributed by atoms with Crippen LogP contribution in [0.3, 0.4) is 0 Å². The van der Waals surface area contributed by atoms with Crippen LogP contribution in [0.2, 0.25) is 0 Å². The van der Waals surface area contributed by atoms with Crippen LogP contribution in [0.25, 0.3) is 33.5 Å². The molecule has 1 atom stereocenters. The van der Waals surface area contributed by atoms with E-state index in [1.165, 1.54) is 22.2 Å². The molecule has 1 aliphatic rings. The largest absolute Gasteiger partial charge is 0.311 e. The summed E-state index contributed by atoms with van der Waals surface area (Å²) in [7, 11) is 0. The van der Waals surface area contributed by atoms with Gasteiger partial charge in [0.1, 0.15) is 0 Å². The molecular weight excluding hydrogens is 416 g/mol. The fraction of sp³-hybridized carbons (Fsp3) is 0.200. The van der Waals surface area contributed by atoms with E-state index in [0.717, 1.165) is 40.4 Å². The summed E-state index contributed by atoms with van der Waals surface area (Å²) >= 11 is 1.82. The summed E-state index contributed by atoms with van der Waals surface area (Å²) in [6.45, 7) is 2.18. The van der Waals surface area contributed by atoms with Gasteiger partial charge in [0, 0.05) is 5.56 Å². The summed E-state index contributed by atoms with van der Waals surface area (Å²) in [5, 5.41) is 15.8. The van der Waals surface area contributed by atoms with Gasteiger partial charge in [-0.3, -0.25) is 0 Å². The molecule has 3 aromatic carbocycles. The van der Waals surface area contributed by atoms with Crippen LogP contribution >= 0.6 is 11.8 Å². The standard InChI is InChI=1S/C25H22N6S/c1-2-32-25-26-21-9-5-6-10-23(21)31(25)22-14-12-17-15-16(11-13-19(17)22)18-7-3-4-8-20(18)24-27-29-30-28-24/h3-11,13,15,22H,2,12,14H2,1H3,(H,27,28,29,30). The smallest absolute Gasteiger partial charge is 0.205 e. The lowest BCUT2D eigenvalue weighted by Crippen LogP contribution is -2.08. The number of hydrogen-bond donors (Lipinski definition) is 1. The van der Waals surface area contributed by atoms with Gasteiger partial charge in [-0.25, -0.2) is 4.98 Å². The maximum absolute atomic E-state index is 4.93. The Balaban J connectivity index is 1.44. The van der Waals surface area contributed by atoms with E-state index in [-0.39, 0.29) is 0 Å². The minimum absolute atomic E-state index is 0.313. The molecule has 0 radical (unpaired) electrons. The molecule has 1 aliphatic carbocycles. The average Bonchev–Trinajstić information content (AvgIpc) is 3.57. The number of hydrogen-bond acceptors (Lipinski definition) is 5. The molecule has 0 fully saturated rings. The predicted octanol–water partition coefficient (Wildman–Crippen LogP) is 5.53. The highest BCUT2D eigenvalue weighted by Crippen LogP contribution is 2.41. The molecule has 6 rings (SSSR count). The Morgan fingerprint density at radius 2 is 1.88 bits per heavy atom. The first-order chi connectivity index (χ1) is 15.8. The number of para-hydroxylation sites is 2. The average molecular weight is 439 g/mol. The molecule has 1 N–H and O–H groups in total. The van der Waals surface area contributed by atoms with Gasteiger partial charge in [-0.2, -0.15) is 5.21 Å². The number of aromatic nitrogens is 6. The van der Waals surface area contributed by atoms with Crippen molar-refractivity contribution in [2.24, 2.45) is 0 Å². The van der Waals surface area contributed by atoms with Crippen LogP contribution in [0, 0.1) is 0 Å². The second-order valence-corrected chi connectivity index (χ2v) is 9.17. The van der Waals surface area contributed by atoms with Crippen molar-refractivity contribution >= 4 is 22.8 Å². The van der Waals surface area contributed by atoms with Crippen LogP contribution < -0.4 is 0 Å². The van der Waals surface area contributed by atoms with Crippen molar-refractivity contribution in [1.82, 2.24) is 30.2 Å². The molecule has 32 heavy (non-hydrogen) atoms. The minimum atomic E-state index is 0.313. The first kappa shape index (κ1) is 19.3. The number of tetrazole rings is 1. The lowest BCUT2D eigenvalue weighted by Gasteiger charge is -2.18. The van der Waals surface area contributed by atoms with E-state index >= 15 is 0 Å². The molecule has 2 heterocycles. The van der Waals surface area contributed by atoms with E-state index in [2.05, 4.69) is 86.7 Å². The molecule has 158 valence electrons. The molecule has 7 heteroatoms. The monoisotopic (exact) mass is 438 g/mol. The molecular formula is C25H22N6S. The highest BCUT2D eigenvalue weighted by Gasteiger charge is 2.28. The van der Waals surface area contributed by atoms with Crippen molar-refractivity contribution in [3.63, 3.8) is 0 Å². The Hall–Kier alpha value is -3.45. The molecule has 0 amide bonds. The fourth-order valence-electron chi connectivity index (χ4n) is 4.79. The van der Waals surface area contributed by atoms with Gasteiger partial charge in [0.05, 0.1) is 17.1 Å². The summed E-state index contributed by atoms with van der Waals surface area (Å²) in [4.78, 5) is 4.93. The third kappa shape index (κ3) is 3.12. The summed E-state index contributed by atoms with van der Waals surface area (Å²) in [6.07, 6.45) is 2.14. The van der Waals surface area contributed by atoms with E-state index in [1.54, 1.807) is 0 Å². The Morgan fingerprint density at radius 3 is 2.72 bits per heavy atom. The lowest BCUT2D eigenvalue weighted by molar-refractivity contribution is 0.551. The number of nitrogens with one attached hydrogen (secondary N) is 1. The third-order valence-corrected chi connectivity index (χ3v) is 7.00. The zero-order valence-corrected chi connectivity index (χ0v) is 18.5. The second-order valence-electron chi connectivity index (χ2n) is 7.94. The number of thioether (sulfide) groups is 1. The zero-order valence-electron chi connectivity index (χ0n) is 17.7. The molecule has 1 unspecified atom stereocenters. The Morgan fingerprint density at radius 1 is 1.03 bits per heavy atom. The Labute approximate surface area is 190 Å². The van der Waals surface area contributed by atoms with Crippen LogP contribution in [-0.2, 0) is 6.42 Å². The summed E-state index contributed by atoms with van der Waals surface area (Å²) in [5.41, 5.74) is 8.37. The van der Waals surface area contributed by atoms with E-state index < -0.39 is 0 Å². The highest BCUT2D eigenvalue weighted by molar-refractivity contribution is 7.99. The van der Waals surface area contributed by atoms with Crippen LogP contribution in [0.1, 0.15) is 30.5 Å².